The fraction of sp³-hybridized carbons (Fsp3) is 0.385. The Morgan fingerprint density at radius 1 is 1.33 bits per heavy atom. The topological polar surface area (TPSA) is 68.4 Å². The molecule has 1 aromatic carbocycles. The van der Waals surface area contributed by atoms with Crippen LogP contribution in [0.1, 0.15) is 29.8 Å². The molecular weight excluding hydrogens is 232 g/mol. The van der Waals surface area contributed by atoms with Gasteiger partial charge in [0.15, 0.2) is 11.9 Å². The summed E-state index contributed by atoms with van der Waals surface area (Å²) in [5.41, 5.74) is 0.740. The standard InChI is InChI=1S/C13H16N2O3/c1-17-9-5-8-11-14-13(18-15-11)12(16)10-6-3-2-4-7-10/h2-4,6-7,12,16H,5,8-9H2,1H3. The van der Waals surface area contributed by atoms with Gasteiger partial charge in [0, 0.05) is 20.1 Å². The first kappa shape index (κ1) is 12.7. The molecule has 0 amide bonds. The zero-order valence-electron chi connectivity index (χ0n) is 10.2. The molecule has 1 unspecified atom stereocenters. The van der Waals surface area contributed by atoms with Crippen molar-refractivity contribution in [2.24, 2.45) is 0 Å². The zero-order valence-corrected chi connectivity index (χ0v) is 10.2. The van der Waals surface area contributed by atoms with Crippen molar-refractivity contribution in [3.05, 3.63) is 47.6 Å². The second-order valence-electron chi connectivity index (χ2n) is 3.96. The van der Waals surface area contributed by atoms with Crippen LogP contribution in [0.2, 0.25) is 0 Å². The number of ether oxygens (including phenoxy) is 1. The van der Waals surface area contributed by atoms with Crippen LogP contribution in [0.5, 0.6) is 0 Å². The molecule has 0 saturated carbocycles. The number of aliphatic hydroxyl groups is 1. The lowest BCUT2D eigenvalue weighted by Gasteiger charge is -2.04. The van der Waals surface area contributed by atoms with Crippen molar-refractivity contribution in [3.63, 3.8) is 0 Å². The molecule has 0 saturated heterocycles. The van der Waals surface area contributed by atoms with E-state index in [1.54, 1.807) is 7.11 Å². The van der Waals surface area contributed by atoms with Crippen LogP contribution < -0.4 is 0 Å². The third-order valence-electron chi connectivity index (χ3n) is 2.58. The van der Waals surface area contributed by atoms with E-state index in [-0.39, 0.29) is 5.89 Å². The van der Waals surface area contributed by atoms with Crippen LogP contribution in [0.15, 0.2) is 34.9 Å². The Labute approximate surface area is 105 Å². The molecule has 1 heterocycles. The van der Waals surface area contributed by atoms with Gasteiger partial charge in [-0.2, -0.15) is 4.98 Å². The van der Waals surface area contributed by atoms with E-state index >= 15 is 0 Å². The Morgan fingerprint density at radius 2 is 2.11 bits per heavy atom. The monoisotopic (exact) mass is 248 g/mol. The molecule has 0 radical (unpaired) electrons. The Balaban J connectivity index is 2.01. The van der Waals surface area contributed by atoms with Gasteiger partial charge in [-0.1, -0.05) is 35.5 Å². The van der Waals surface area contributed by atoms with Crippen molar-refractivity contribution in [1.82, 2.24) is 10.1 Å². The smallest absolute Gasteiger partial charge is 0.260 e. The van der Waals surface area contributed by atoms with Gasteiger partial charge in [-0.25, -0.2) is 0 Å². The predicted octanol–water partition coefficient (Wildman–Crippen LogP) is 1.73. The maximum atomic E-state index is 10.1. The van der Waals surface area contributed by atoms with Gasteiger partial charge in [-0.3, -0.25) is 0 Å². The summed E-state index contributed by atoms with van der Waals surface area (Å²) in [4.78, 5) is 4.18. The first-order chi connectivity index (χ1) is 8.81. The first-order valence-electron chi connectivity index (χ1n) is 5.85. The molecule has 1 N–H and O–H groups in total. The average molecular weight is 248 g/mol. The minimum absolute atomic E-state index is 0.230. The summed E-state index contributed by atoms with van der Waals surface area (Å²) in [5, 5.41) is 13.9. The van der Waals surface area contributed by atoms with Gasteiger partial charge in [0.2, 0.25) is 0 Å². The summed E-state index contributed by atoms with van der Waals surface area (Å²) in [6.45, 7) is 0.658. The molecule has 0 spiro atoms. The molecule has 0 aliphatic rings. The number of hydrogen-bond donors (Lipinski definition) is 1. The summed E-state index contributed by atoms with van der Waals surface area (Å²) < 4.78 is 10.0. The third kappa shape index (κ3) is 3.15. The lowest BCUT2D eigenvalue weighted by atomic mass is 10.1. The van der Waals surface area contributed by atoms with Gasteiger partial charge in [-0.05, 0) is 12.0 Å². The van der Waals surface area contributed by atoms with E-state index in [0.29, 0.717) is 18.9 Å². The fourth-order valence-corrected chi connectivity index (χ4v) is 1.63. The molecule has 0 bridgehead atoms. The van der Waals surface area contributed by atoms with Crippen molar-refractivity contribution in [3.8, 4) is 0 Å². The quantitative estimate of drug-likeness (QED) is 0.788. The lowest BCUT2D eigenvalue weighted by molar-refractivity contribution is 0.170. The van der Waals surface area contributed by atoms with E-state index in [9.17, 15) is 5.11 Å². The molecule has 0 aliphatic heterocycles. The van der Waals surface area contributed by atoms with Crippen LogP contribution in [0.25, 0.3) is 0 Å². The number of aromatic nitrogens is 2. The highest BCUT2D eigenvalue weighted by Crippen LogP contribution is 2.19. The maximum absolute atomic E-state index is 10.1. The fourth-order valence-electron chi connectivity index (χ4n) is 1.63. The van der Waals surface area contributed by atoms with E-state index in [1.165, 1.54) is 0 Å². The van der Waals surface area contributed by atoms with Crippen molar-refractivity contribution >= 4 is 0 Å². The molecule has 0 fully saturated rings. The predicted molar refractivity (Wildman–Crippen MR) is 65.0 cm³/mol. The van der Waals surface area contributed by atoms with E-state index in [1.807, 2.05) is 30.3 Å². The maximum Gasteiger partial charge on any atom is 0.260 e. The van der Waals surface area contributed by atoms with Gasteiger partial charge in [0.25, 0.3) is 5.89 Å². The van der Waals surface area contributed by atoms with E-state index in [0.717, 1.165) is 12.0 Å². The number of rotatable bonds is 6. The van der Waals surface area contributed by atoms with Crippen molar-refractivity contribution in [1.29, 1.82) is 0 Å². The molecule has 18 heavy (non-hydrogen) atoms. The number of hydrogen-bond acceptors (Lipinski definition) is 5. The minimum atomic E-state index is -0.866. The van der Waals surface area contributed by atoms with Crippen molar-refractivity contribution in [2.45, 2.75) is 18.9 Å². The third-order valence-corrected chi connectivity index (χ3v) is 2.58. The molecule has 0 aliphatic carbocycles. The SMILES string of the molecule is COCCCc1noc(C(O)c2ccccc2)n1. The van der Waals surface area contributed by atoms with Gasteiger partial charge < -0.3 is 14.4 Å². The van der Waals surface area contributed by atoms with Gasteiger partial charge >= 0.3 is 0 Å². The summed E-state index contributed by atoms with van der Waals surface area (Å²) in [6.07, 6.45) is 0.644. The Morgan fingerprint density at radius 3 is 2.83 bits per heavy atom. The van der Waals surface area contributed by atoms with Crippen molar-refractivity contribution < 1.29 is 14.4 Å². The molecule has 5 heteroatoms. The van der Waals surface area contributed by atoms with Crippen LogP contribution in [0.4, 0.5) is 0 Å². The Hall–Kier alpha value is -1.72. The minimum Gasteiger partial charge on any atom is -0.385 e. The molecule has 2 aromatic rings. The lowest BCUT2D eigenvalue weighted by Crippen LogP contribution is -2.00. The highest BCUT2D eigenvalue weighted by atomic mass is 16.5. The number of methoxy groups -OCH3 is 1. The highest BCUT2D eigenvalue weighted by Gasteiger charge is 2.17. The van der Waals surface area contributed by atoms with Crippen LogP contribution in [-0.4, -0.2) is 29.0 Å². The van der Waals surface area contributed by atoms with Gasteiger partial charge in [-0.15, -0.1) is 0 Å². The first-order valence-corrected chi connectivity index (χ1v) is 5.85. The van der Waals surface area contributed by atoms with E-state index < -0.39 is 6.10 Å². The second kappa shape index (κ2) is 6.28. The summed E-state index contributed by atoms with van der Waals surface area (Å²) in [7, 11) is 1.65. The normalized spacial score (nSPS) is 12.6. The molecule has 5 nitrogen and oxygen atoms in total. The van der Waals surface area contributed by atoms with E-state index in [2.05, 4.69) is 10.1 Å². The van der Waals surface area contributed by atoms with Gasteiger partial charge in [0.05, 0.1) is 0 Å². The van der Waals surface area contributed by atoms with Crippen LogP contribution in [0.3, 0.4) is 0 Å². The molecule has 1 aromatic heterocycles. The van der Waals surface area contributed by atoms with E-state index in [4.69, 9.17) is 9.26 Å². The van der Waals surface area contributed by atoms with Crippen LogP contribution in [0, 0.1) is 0 Å². The number of benzene rings is 1. The average Bonchev–Trinajstić information content (AvgIpc) is 2.88. The zero-order chi connectivity index (χ0) is 12.8. The second-order valence-corrected chi connectivity index (χ2v) is 3.96. The number of aliphatic hydroxyl groups excluding tert-OH is 1. The summed E-state index contributed by atoms with van der Waals surface area (Å²) in [5.74, 6) is 0.825. The summed E-state index contributed by atoms with van der Waals surface area (Å²) in [6, 6.07) is 9.24. The van der Waals surface area contributed by atoms with Crippen molar-refractivity contribution in [2.75, 3.05) is 13.7 Å². The Bertz CT molecular complexity index is 470. The largest absolute Gasteiger partial charge is 0.385 e. The molecule has 2 rings (SSSR count). The highest BCUT2D eigenvalue weighted by molar-refractivity contribution is 5.21. The number of nitrogens with zero attached hydrogens (tertiary/aromatic N) is 2. The van der Waals surface area contributed by atoms with Crippen LogP contribution >= 0.6 is 0 Å². The van der Waals surface area contributed by atoms with Crippen LogP contribution in [-0.2, 0) is 11.2 Å². The number of aryl methyl sites for hydroxylation is 1. The molecule has 96 valence electrons. The summed E-state index contributed by atoms with van der Waals surface area (Å²) >= 11 is 0. The van der Waals surface area contributed by atoms with Gasteiger partial charge in [0.1, 0.15) is 0 Å². The Kier molecular flexibility index (Phi) is 4.44. The molecule has 1 atom stereocenters. The molecular formula is C13H16N2O3.